The van der Waals surface area contributed by atoms with Crippen LogP contribution in [0.5, 0.6) is 0 Å². The molecule has 142 valence electrons. The van der Waals surface area contributed by atoms with Gasteiger partial charge in [0.25, 0.3) is 10.1 Å². The summed E-state index contributed by atoms with van der Waals surface area (Å²) in [5.74, 6) is 0. The quantitative estimate of drug-likeness (QED) is 0.221. The zero-order valence-corrected chi connectivity index (χ0v) is 19.0. The molecule has 2 aromatic heterocycles. The molecule has 4 rings (SSSR count). The van der Waals surface area contributed by atoms with E-state index in [4.69, 9.17) is 5.73 Å². The van der Waals surface area contributed by atoms with E-state index in [1.165, 1.54) is 6.07 Å². The van der Waals surface area contributed by atoms with Crippen molar-refractivity contribution in [3.8, 4) is 11.3 Å². The molecule has 0 amide bonds. The number of azo groups is 1. The molecule has 4 aromatic rings. The summed E-state index contributed by atoms with van der Waals surface area (Å²) < 4.78 is 33.1. The molecule has 0 aliphatic rings. The average molecular weight is 434 g/mol. The van der Waals surface area contributed by atoms with Crippen LogP contribution >= 0.6 is 11.3 Å². The van der Waals surface area contributed by atoms with E-state index < -0.39 is 10.1 Å². The minimum atomic E-state index is -4.45. The number of aromatic nitrogens is 1. The van der Waals surface area contributed by atoms with Crippen molar-refractivity contribution in [3.05, 3.63) is 65.5 Å². The Morgan fingerprint density at radius 3 is 2.45 bits per heavy atom. The Morgan fingerprint density at radius 2 is 1.83 bits per heavy atom. The molecule has 0 saturated heterocycles. The summed E-state index contributed by atoms with van der Waals surface area (Å²) in [4.78, 5) is 4.08. The molecule has 10 heteroatoms. The zero-order valence-electron chi connectivity index (χ0n) is 16.4. The largest absolute Gasteiger partial charge is 1.00 e. The van der Waals surface area contributed by atoms with Crippen molar-refractivity contribution in [2.75, 3.05) is 5.73 Å². The third-order valence-electron chi connectivity index (χ3n) is 4.14. The fraction of sp³-hybridized carbons (Fsp3) is 0. The van der Waals surface area contributed by atoms with Crippen molar-refractivity contribution in [3.63, 3.8) is 0 Å². The number of benzene rings is 2. The van der Waals surface area contributed by atoms with E-state index in [9.17, 15) is 13.0 Å². The second-order valence-electron chi connectivity index (χ2n) is 5.94. The monoisotopic (exact) mass is 434 g/mol. The first kappa shape index (κ1) is 21.6. The Hall–Kier alpha value is -2.14. The fourth-order valence-electron chi connectivity index (χ4n) is 2.78. The third-order valence-corrected chi connectivity index (χ3v) is 5.72. The zero-order chi connectivity index (χ0) is 19.7. The Bertz CT molecular complexity index is 1300. The Morgan fingerprint density at radius 1 is 1.07 bits per heavy atom. The van der Waals surface area contributed by atoms with Gasteiger partial charge in [0.05, 0.1) is 17.6 Å². The van der Waals surface area contributed by atoms with Crippen molar-refractivity contribution in [1.29, 1.82) is 0 Å². The average Bonchev–Trinajstić information content (AvgIpc) is 3.22. The van der Waals surface area contributed by atoms with Crippen LogP contribution in [0.3, 0.4) is 0 Å². The first-order valence-electron chi connectivity index (χ1n) is 8.12. The van der Waals surface area contributed by atoms with Gasteiger partial charge in [0.1, 0.15) is 16.3 Å². The molecule has 0 radical (unpaired) electrons. The minimum absolute atomic E-state index is 0. The van der Waals surface area contributed by atoms with Crippen LogP contribution in [-0.4, -0.2) is 18.0 Å². The second kappa shape index (κ2) is 8.70. The van der Waals surface area contributed by atoms with E-state index in [1.54, 1.807) is 47.9 Å². The van der Waals surface area contributed by atoms with Crippen molar-refractivity contribution in [1.82, 2.24) is 4.98 Å². The molecule has 0 aliphatic heterocycles. The van der Waals surface area contributed by atoms with Gasteiger partial charge < -0.3 is 7.16 Å². The van der Waals surface area contributed by atoms with E-state index in [2.05, 4.69) is 15.2 Å². The third kappa shape index (κ3) is 4.55. The molecule has 0 saturated carbocycles. The topological polar surface area (TPSA) is 118 Å². The van der Waals surface area contributed by atoms with Gasteiger partial charge in [-0.2, -0.15) is 19.8 Å². The summed E-state index contributed by atoms with van der Waals surface area (Å²) in [7, 11) is -4.45. The van der Waals surface area contributed by atoms with E-state index in [0.29, 0.717) is 16.5 Å². The number of thiophene rings is 1. The van der Waals surface area contributed by atoms with Crippen molar-refractivity contribution >= 4 is 49.3 Å². The summed E-state index contributed by atoms with van der Waals surface area (Å²) >= 11 is 1.59. The molecular weight excluding hydrogens is 419 g/mol. The molecule has 0 fully saturated rings. The van der Waals surface area contributed by atoms with Gasteiger partial charge in [-0.3, -0.25) is 9.54 Å². The molecule has 3 N–H and O–H groups in total. The number of nitrogens with two attached hydrogens (primary N) is 1. The van der Waals surface area contributed by atoms with Crippen LogP contribution in [0.25, 0.3) is 22.0 Å². The van der Waals surface area contributed by atoms with E-state index >= 15 is 0 Å². The molecule has 0 unspecified atom stereocenters. The summed E-state index contributed by atoms with van der Waals surface area (Å²) in [5, 5.41) is 12.9. The Labute approximate surface area is 194 Å². The normalized spacial score (nSPS) is 11.6. The Kier molecular flexibility index (Phi) is 6.47. The maximum Gasteiger partial charge on any atom is 1.00 e. The van der Waals surface area contributed by atoms with Crippen LogP contribution in [0.4, 0.5) is 17.1 Å². The summed E-state index contributed by atoms with van der Waals surface area (Å²) in [6.45, 7) is 0. The van der Waals surface area contributed by atoms with Crippen LogP contribution in [0.15, 0.2) is 80.6 Å². The number of anilines is 1. The predicted octanol–water partition coefficient (Wildman–Crippen LogP) is 2.32. The van der Waals surface area contributed by atoms with Crippen LogP contribution in [0, 0.1) is 0 Å². The number of pyridine rings is 1. The van der Waals surface area contributed by atoms with Gasteiger partial charge in [-0.1, -0.05) is 24.3 Å². The molecule has 2 heterocycles. The van der Waals surface area contributed by atoms with Crippen LogP contribution < -0.4 is 35.3 Å². The van der Waals surface area contributed by atoms with Crippen molar-refractivity contribution < 1.29 is 44.0 Å². The van der Waals surface area contributed by atoms with Crippen molar-refractivity contribution in [2.45, 2.75) is 4.90 Å². The van der Waals surface area contributed by atoms with Gasteiger partial charge in [-0.15, -0.1) is 10.2 Å². The van der Waals surface area contributed by atoms with Gasteiger partial charge in [0, 0.05) is 21.7 Å². The molecule has 0 atom stereocenters. The van der Waals surface area contributed by atoms with Gasteiger partial charge in [-0.05, 0) is 29.6 Å². The van der Waals surface area contributed by atoms with Crippen LogP contribution in [-0.2, 0) is 10.1 Å². The Balaban J connectivity index is 0.00000160. The van der Waals surface area contributed by atoms with Crippen LogP contribution in [0.2, 0.25) is 0 Å². The molecule has 2 aromatic carbocycles. The van der Waals surface area contributed by atoms with Crippen LogP contribution in [0.1, 0.15) is 1.43 Å². The smallest absolute Gasteiger partial charge is 1.00 e. The van der Waals surface area contributed by atoms with Gasteiger partial charge in [-0.25, -0.2) is 0 Å². The molecule has 7 nitrogen and oxygen atoms in total. The summed E-state index contributed by atoms with van der Waals surface area (Å²) in [5.41, 5.74) is 8.88. The minimum Gasteiger partial charge on any atom is -1.00 e. The first-order valence-corrected chi connectivity index (χ1v) is 10.5. The van der Waals surface area contributed by atoms with E-state index in [0.717, 1.165) is 11.3 Å². The molecular formula is C19H15N4NaO3S2. The summed E-state index contributed by atoms with van der Waals surface area (Å²) in [6, 6.07) is 13.4. The first-order chi connectivity index (χ1) is 13.4. The number of hydrogen-bond acceptors (Lipinski definition) is 7. The number of hydrogen-bond donors (Lipinski definition) is 2. The van der Waals surface area contributed by atoms with Crippen molar-refractivity contribution in [2.24, 2.45) is 10.2 Å². The predicted molar refractivity (Wildman–Crippen MR) is 111 cm³/mol. The summed E-state index contributed by atoms with van der Waals surface area (Å²) in [6.07, 6.45) is 1.57. The SMILES string of the molecule is Nc1c(N=Nc2ccc(-c3ccsc3)nc2)cc(S(=O)(=O)O)c2ccccc12.[H-].[Na+]. The van der Waals surface area contributed by atoms with Gasteiger partial charge in [0.2, 0.25) is 0 Å². The van der Waals surface area contributed by atoms with Gasteiger partial charge >= 0.3 is 29.6 Å². The molecule has 0 bridgehead atoms. The second-order valence-corrected chi connectivity index (χ2v) is 8.11. The molecule has 29 heavy (non-hydrogen) atoms. The maximum absolute atomic E-state index is 11.8. The van der Waals surface area contributed by atoms with Gasteiger partial charge in [0.15, 0.2) is 0 Å². The number of nitrogen functional groups attached to an aromatic ring is 1. The van der Waals surface area contributed by atoms with E-state index in [1.807, 2.05) is 22.9 Å². The molecule has 0 aliphatic carbocycles. The maximum atomic E-state index is 11.8. The standard InChI is InChI=1S/C19H14N4O3S2.Na.H/c20-19-15-4-2-1-3-14(15)18(28(24,25)26)9-17(19)23-22-13-5-6-16(21-10-13)12-7-8-27-11-12;;/h1-11H,20H2,(H,24,25,26);;/q;+1;-1. The number of nitrogens with zero attached hydrogens (tertiary/aromatic N) is 3. The number of rotatable bonds is 4. The molecule has 0 spiro atoms. The van der Waals surface area contributed by atoms with E-state index in [-0.39, 0.29) is 47.3 Å². The fourth-order valence-corrected chi connectivity index (χ4v) is 4.15. The number of fused-ring (bicyclic) bond motifs is 1.